The maximum atomic E-state index is 13.2. The van der Waals surface area contributed by atoms with Crippen LogP contribution < -0.4 is 10.0 Å². The molecule has 7 nitrogen and oxygen atoms in total. The van der Waals surface area contributed by atoms with Crippen LogP contribution in [0, 0.1) is 0 Å². The molecule has 0 unspecified atom stereocenters. The number of sulfonamides is 1. The number of aromatic nitrogens is 2. The summed E-state index contributed by atoms with van der Waals surface area (Å²) in [7, 11) is -4.60. The number of carbonyl (C=O) groups is 1. The summed E-state index contributed by atoms with van der Waals surface area (Å²) >= 11 is 0. The molecule has 0 aliphatic heterocycles. The Kier molecular flexibility index (Phi) is 6.64. The highest BCUT2D eigenvalue weighted by Crippen LogP contribution is 2.34. The number of aryl methyl sites for hydroxylation is 1. The SMILES string of the molecule is O=C(NCCCn1ccnc1)c1ccccc1NS(=O)(=O)c1ccccc1C(F)(F)F. The lowest BCUT2D eigenvalue weighted by molar-refractivity contribution is -0.139. The largest absolute Gasteiger partial charge is 0.417 e. The number of halogens is 3. The molecule has 3 aromatic rings. The molecule has 0 spiro atoms. The molecule has 0 atom stereocenters. The van der Waals surface area contributed by atoms with E-state index in [0.717, 1.165) is 12.1 Å². The number of para-hydroxylation sites is 1. The van der Waals surface area contributed by atoms with Crippen molar-refractivity contribution >= 4 is 21.6 Å². The Hall–Kier alpha value is -3.34. The van der Waals surface area contributed by atoms with Gasteiger partial charge in [-0.1, -0.05) is 24.3 Å². The van der Waals surface area contributed by atoms with Gasteiger partial charge >= 0.3 is 6.18 Å². The Labute approximate surface area is 177 Å². The van der Waals surface area contributed by atoms with Crippen molar-refractivity contribution in [1.82, 2.24) is 14.9 Å². The summed E-state index contributed by atoms with van der Waals surface area (Å²) in [6, 6.07) is 9.56. The lowest BCUT2D eigenvalue weighted by Crippen LogP contribution is -2.27. The maximum Gasteiger partial charge on any atom is 0.417 e. The van der Waals surface area contributed by atoms with Crippen molar-refractivity contribution in [2.24, 2.45) is 0 Å². The van der Waals surface area contributed by atoms with E-state index in [1.54, 1.807) is 18.7 Å². The second kappa shape index (κ2) is 9.21. The Balaban J connectivity index is 1.75. The highest BCUT2D eigenvalue weighted by Gasteiger charge is 2.37. The van der Waals surface area contributed by atoms with E-state index < -0.39 is 32.6 Å². The number of nitrogens with zero attached hydrogens (tertiary/aromatic N) is 2. The van der Waals surface area contributed by atoms with Crippen LogP contribution in [-0.4, -0.2) is 30.4 Å². The second-order valence-electron chi connectivity index (χ2n) is 6.55. The summed E-state index contributed by atoms with van der Waals surface area (Å²) in [5.41, 5.74) is -1.41. The Morgan fingerprint density at radius 2 is 1.77 bits per heavy atom. The Morgan fingerprint density at radius 3 is 2.48 bits per heavy atom. The predicted octanol–water partition coefficient (Wildman–Crippen LogP) is 3.52. The molecule has 31 heavy (non-hydrogen) atoms. The summed E-state index contributed by atoms with van der Waals surface area (Å²) in [5.74, 6) is -0.548. The van der Waals surface area contributed by atoms with Crippen molar-refractivity contribution in [2.45, 2.75) is 24.0 Å². The van der Waals surface area contributed by atoms with E-state index >= 15 is 0 Å². The number of alkyl halides is 3. The average molecular weight is 452 g/mol. The van der Waals surface area contributed by atoms with Gasteiger partial charge < -0.3 is 9.88 Å². The lowest BCUT2D eigenvalue weighted by atomic mass is 10.1. The molecule has 164 valence electrons. The summed E-state index contributed by atoms with van der Waals surface area (Å²) in [6.07, 6.45) is 0.819. The summed E-state index contributed by atoms with van der Waals surface area (Å²) in [4.78, 5) is 15.5. The van der Waals surface area contributed by atoms with Crippen LogP contribution in [0.1, 0.15) is 22.3 Å². The molecule has 2 aromatic carbocycles. The minimum atomic E-state index is -4.85. The van der Waals surface area contributed by atoms with Gasteiger partial charge in [0.25, 0.3) is 15.9 Å². The van der Waals surface area contributed by atoms with Gasteiger partial charge in [-0.15, -0.1) is 0 Å². The van der Waals surface area contributed by atoms with E-state index in [0.29, 0.717) is 25.6 Å². The molecule has 3 rings (SSSR count). The zero-order valence-electron chi connectivity index (χ0n) is 16.1. The number of carbonyl (C=O) groups excluding carboxylic acids is 1. The van der Waals surface area contributed by atoms with Crippen molar-refractivity contribution in [3.63, 3.8) is 0 Å². The molecule has 1 heterocycles. The monoisotopic (exact) mass is 452 g/mol. The molecule has 0 aliphatic carbocycles. The van der Waals surface area contributed by atoms with Crippen LogP contribution in [-0.2, 0) is 22.7 Å². The molecule has 11 heteroatoms. The standard InChI is InChI=1S/C20H19F3N4O3S/c21-20(22,23)16-7-2-4-9-18(16)31(29,30)26-17-8-3-1-6-15(17)19(28)25-10-5-12-27-13-11-24-14-27/h1-4,6-9,11,13-14,26H,5,10,12H2,(H,25,28). The van der Waals surface area contributed by atoms with Crippen LogP contribution in [0.3, 0.4) is 0 Å². The summed E-state index contributed by atoms with van der Waals surface area (Å²) in [5, 5.41) is 2.68. The number of hydrogen-bond donors (Lipinski definition) is 2. The molecule has 2 N–H and O–H groups in total. The van der Waals surface area contributed by atoms with Gasteiger partial charge in [-0.25, -0.2) is 13.4 Å². The zero-order chi connectivity index (χ0) is 22.5. The Bertz CT molecular complexity index is 1150. The second-order valence-corrected chi connectivity index (χ2v) is 8.21. The molecular formula is C20H19F3N4O3S. The third-order valence-electron chi connectivity index (χ3n) is 4.34. The smallest absolute Gasteiger partial charge is 0.352 e. The van der Waals surface area contributed by atoms with Gasteiger partial charge in [0.05, 0.1) is 28.0 Å². The highest BCUT2D eigenvalue weighted by atomic mass is 32.2. The summed E-state index contributed by atoms with van der Waals surface area (Å²) in [6.45, 7) is 0.942. The van der Waals surface area contributed by atoms with E-state index in [9.17, 15) is 26.4 Å². The van der Waals surface area contributed by atoms with Crippen LogP contribution in [0.4, 0.5) is 18.9 Å². The van der Waals surface area contributed by atoms with Crippen LogP contribution in [0.2, 0.25) is 0 Å². The first-order chi connectivity index (χ1) is 14.7. The van der Waals surface area contributed by atoms with E-state index in [1.165, 1.54) is 30.3 Å². The van der Waals surface area contributed by atoms with Crippen molar-refractivity contribution in [1.29, 1.82) is 0 Å². The minimum absolute atomic E-state index is 0.00167. The van der Waals surface area contributed by atoms with E-state index in [2.05, 4.69) is 15.0 Å². The molecule has 0 fully saturated rings. The van der Waals surface area contributed by atoms with Gasteiger partial charge in [0.2, 0.25) is 0 Å². The molecule has 1 amide bonds. The highest BCUT2D eigenvalue weighted by molar-refractivity contribution is 7.92. The molecule has 0 saturated heterocycles. The zero-order valence-corrected chi connectivity index (χ0v) is 16.9. The number of hydrogen-bond acceptors (Lipinski definition) is 4. The summed E-state index contributed by atoms with van der Waals surface area (Å²) < 4.78 is 69.0. The number of rotatable bonds is 8. The van der Waals surface area contributed by atoms with Crippen molar-refractivity contribution in [3.05, 3.63) is 78.4 Å². The third-order valence-corrected chi connectivity index (χ3v) is 5.76. The van der Waals surface area contributed by atoms with Crippen molar-refractivity contribution in [2.75, 3.05) is 11.3 Å². The Morgan fingerprint density at radius 1 is 1.06 bits per heavy atom. The molecule has 0 aliphatic rings. The van der Waals surface area contributed by atoms with E-state index in [1.807, 2.05) is 4.57 Å². The molecule has 0 bridgehead atoms. The maximum absolute atomic E-state index is 13.2. The van der Waals surface area contributed by atoms with Gasteiger partial charge in [0.1, 0.15) is 0 Å². The number of nitrogens with one attached hydrogen (secondary N) is 2. The van der Waals surface area contributed by atoms with Crippen molar-refractivity contribution in [3.8, 4) is 0 Å². The number of anilines is 1. The first kappa shape index (κ1) is 22.3. The normalized spacial score (nSPS) is 11.8. The fraction of sp³-hybridized carbons (Fsp3) is 0.200. The lowest BCUT2D eigenvalue weighted by Gasteiger charge is -2.16. The van der Waals surface area contributed by atoms with Gasteiger partial charge in [-0.05, 0) is 30.7 Å². The third kappa shape index (κ3) is 5.63. The number of amides is 1. The first-order valence-corrected chi connectivity index (χ1v) is 10.7. The van der Waals surface area contributed by atoms with E-state index in [4.69, 9.17) is 0 Å². The van der Waals surface area contributed by atoms with Crippen molar-refractivity contribution < 1.29 is 26.4 Å². The topological polar surface area (TPSA) is 93.1 Å². The fourth-order valence-corrected chi connectivity index (χ4v) is 4.19. The first-order valence-electron chi connectivity index (χ1n) is 9.20. The average Bonchev–Trinajstić information content (AvgIpc) is 3.24. The molecule has 0 radical (unpaired) electrons. The molecule has 1 aromatic heterocycles. The van der Waals surface area contributed by atoms with E-state index in [-0.39, 0.29) is 11.3 Å². The molecular weight excluding hydrogens is 433 g/mol. The van der Waals surface area contributed by atoms with Gasteiger partial charge in [0, 0.05) is 25.5 Å². The van der Waals surface area contributed by atoms with Gasteiger partial charge in [0.15, 0.2) is 0 Å². The minimum Gasteiger partial charge on any atom is -0.352 e. The number of benzene rings is 2. The van der Waals surface area contributed by atoms with Crippen LogP contribution in [0.25, 0.3) is 0 Å². The fourth-order valence-electron chi connectivity index (χ4n) is 2.88. The quantitative estimate of drug-likeness (QED) is 0.512. The van der Waals surface area contributed by atoms with Gasteiger partial charge in [-0.3, -0.25) is 9.52 Å². The van der Waals surface area contributed by atoms with Crippen LogP contribution in [0.15, 0.2) is 72.1 Å². The van der Waals surface area contributed by atoms with Crippen LogP contribution in [0.5, 0.6) is 0 Å². The predicted molar refractivity (Wildman–Crippen MR) is 108 cm³/mol. The van der Waals surface area contributed by atoms with Crippen LogP contribution >= 0.6 is 0 Å². The molecule has 0 saturated carbocycles. The van der Waals surface area contributed by atoms with Gasteiger partial charge in [-0.2, -0.15) is 13.2 Å². The number of imidazole rings is 1.